The van der Waals surface area contributed by atoms with E-state index in [1.54, 1.807) is 6.08 Å². The zero-order valence-corrected chi connectivity index (χ0v) is 11.2. The fourth-order valence-corrected chi connectivity index (χ4v) is 2.71. The van der Waals surface area contributed by atoms with E-state index in [-0.39, 0.29) is 18.1 Å². The molecule has 2 N–H and O–H groups in total. The third-order valence-electron chi connectivity index (χ3n) is 3.87. The molecule has 1 atom stereocenters. The molecule has 1 aromatic carbocycles. The Bertz CT molecular complexity index is 446. The van der Waals surface area contributed by atoms with Gasteiger partial charge < -0.3 is 10.2 Å². The van der Waals surface area contributed by atoms with Crippen molar-refractivity contribution in [2.24, 2.45) is 0 Å². The molecule has 2 heteroatoms. The van der Waals surface area contributed by atoms with Crippen LogP contribution in [0.5, 0.6) is 0 Å². The van der Waals surface area contributed by atoms with Crippen molar-refractivity contribution in [3.63, 3.8) is 0 Å². The molecule has 2 rings (SSSR count). The van der Waals surface area contributed by atoms with Gasteiger partial charge in [0.2, 0.25) is 0 Å². The van der Waals surface area contributed by atoms with Gasteiger partial charge in [0.25, 0.3) is 0 Å². The molecule has 0 saturated heterocycles. The second kappa shape index (κ2) is 5.25. The largest absolute Gasteiger partial charge is 0.392 e. The molecule has 1 aromatic rings. The Morgan fingerprint density at radius 1 is 1.33 bits per heavy atom. The van der Waals surface area contributed by atoms with Crippen molar-refractivity contribution in [2.45, 2.75) is 44.6 Å². The van der Waals surface area contributed by atoms with Gasteiger partial charge in [-0.1, -0.05) is 44.2 Å². The quantitative estimate of drug-likeness (QED) is 0.805. The maximum absolute atomic E-state index is 10.1. The molecule has 0 spiro atoms. The lowest BCUT2D eigenvalue weighted by atomic mass is 9.71. The zero-order valence-electron chi connectivity index (χ0n) is 11.2. The zero-order chi connectivity index (χ0) is 13.2. The van der Waals surface area contributed by atoms with Crippen LogP contribution in [0.25, 0.3) is 0 Å². The van der Waals surface area contributed by atoms with Gasteiger partial charge in [-0.3, -0.25) is 0 Å². The molecule has 0 amide bonds. The summed E-state index contributed by atoms with van der Waals surface area (Å²) in [6, 6.07) is 6.39. The Balaban J connectivity index is 2.30. The molecular weight excluding hydrogens is 224 g/mol. The number of hydrogen-bond donors (Lipinski definition) is 2. The van der Waals surface area contributed by atoms with E-state index in [1.165, 1.54) is 11.1 Å². The minimum absolute atomic E-state index is 0.0839. The molecule has 0 saturated carbocycles. The summed E-state index contributed by atoms with van der Waals surface area (Å²) in [7, 11) is 0. The Kier molecular flexibility index (Phi) is 3.88. The van der Waals surface area contributed by atoms with Crippen molar-refractivity contribution in [3.05, 3.63) is 47.0 Å². The minimum atomic E-state index is -0.324. The monoisotopic (exact) mass is 246 g/mol. The summed E-state index contributed by atoms with van der Waals surface area (Å²) >= 11 is 0. The second-order valence-electron chi connectivity index (χ2n) is 5.72. The Labute approximate surface area is 109 Å². The molecule has 0 radical (unpaired) electrons. The van der Waals surface area contributed by atoms with Crippen molar-refractivity contribution in [1.82, 2.24) is 0 Å². The van der Waals surface area contributed by atoms with Gasteiger partial charge in [-0.25, -0.2) is 0 Å². The van der Waals surface area contributed by atoms with Crippen LogP contribution < -0.4 is 0 Å². The summed E-state index contributed by atoms with van der Waals surface area (Å²) in [5, 5.41) is 18.9. The number of allylic oxidation sites excluding steroid dienone is 1. The highest BCUT2D eigenvalue weighted by Crippen LogP contribution is 2.41. The van der Waals surface area contributed by atoms with Gasteiger partial charge in [-0.2, -0.15) is 0 Å². The number of benzene rings is 1. The van der Waals surface area contributed by atoms with E-state index in [4.69, 9.17) is 5.11 Å². The first kappa shape index (κ1) is 13.3. The number of aliphatic hydroxyl groups excluding tert-OH is 2. The van der Waals surface area contributed by atoms with Crippen LogP contribution in [-0.2, 0) is 11.8 Å². The molecule has 98 valence electrons. The highest BCUT2D eigenvalue weighted by molar-refractivity contribution is 5.40. The molecule has 1 unspecified atom stereocenters. The molecule has 1 aliphatic rings. The minimum Gasteiger partial charge on any atom is -0.392 e. The summed E-state index contributed by atoms with van der Waals surface area (Å²) in [6.45, 7) is 4.56. The Hall–Kier alpha value is -1.12. The highest BCUT2D eigenvalue weighted by atomic mass is 16.3. The molecule has 0 bridgehead atoms. The maximum atomic E-state index is 10.1. The standard InChI is InChI=1S/C16H22O2/c1-16(2)9-8-15(18)13-11-12(5-3-4-10-17)6-7-14(13)16/h3-4,6-7,11,15,17-18H,5,8-10H2,1-2H3. The second-order valence-corrected chi connectivity index (χ2v) is 5.72. The van der Waals surface area contributed by atoms with E-state index < -0.39 is 0 Å². The summed E-state index contributed by atoms with van der Waals surface area (Å²) in [5.41, 5.74) is 3.71. The Morgan fingerprint density at radius 3 is 2.83 bits per heavy atom. The van der Waals surface area contributed by atoms with Crippen molar-refractivity contribution in [3.8, 4) is 0 Å². The molecule has 0 aliphatic heterocycles. The molecule has 0 aromatic heterocycles. The predicted molar refractivity (Wildman–Crippen MR) is 73.6 cm³/mol. The molecule has 0 heterocycles. The third kappa shape index (κ3) is 2.65. The van der Waals surface area contributed by atoms with Gasteiger partial charge >= 0.3 is 0 Å². The van der Waals surface area contributed by atoms with E-state index in [0.717, 1.165) is 24.8 Å². The molecule has 18 heavy (non-hydrogen) atoms. The number of hydrogen-bond acceptors (Lipinski definition) is 2. The van der Waals surface area contributed by atoms with Crippen LogP contribution in [0.4, 0.5) is 0 Å². The number of fused-ring (bicyclic) bond motifs is 1. The summed E-state index contributed by atoms with van der Waals surface area (Å²) in [6.07, 6.45) is 6.07. The van der Waals surface area contributed by atoms with Gasteiger partial charge in [0, 0.05) is 0 Å². The summed E-state index contributed by atoms with van der Waals surface area (Å²) < 4.78 is 0. The fourth-order valence-electron chi connectivity index (χ4n) is 2.71. The summed E-state index contributed by atoms with van der Waals surface area (Å²) in [4.78, 5) is 0. The average molecular weight is 246 g/mol. The lowest BCUT2D eigenvalue weighted by Crippen LogP contribution is -2.26. The van der Waals surface area contributed by atoms with Crippen LogP contribution >= 0.6 is 0 Å². The lowest BCUT2D eigenvalue weighted by Gasteiger charge is -2.35. The highest BCUT2D eigenvalue weighted by Gasteiger charge is 2.31. The number of aliphatic hydroxyl groups is 2. The maximum Gasteiger partial charge on any atom is 0.0793 e. The van der Waals surface area contributed by atoms with E-state index in [9.17, 15) is 5.11 Å². The SMILES string of the molecule is CC1(C)CCC(O)c2cc(CC=CCO)ccc21. The van der Waals surface area contributed by atoms with E-state index in [1.807, 2.05) is 6.08 Å². The third-order valence-corrected chi connectivity index (χ3v) is 3.87. The summed E-state index contributed by atoms with van der Waals surface area (Å²) in [5.74, 6) is 0. The van der Waals surface area contributed by atoms with Crippen molar-refractivity contribution < 1.29 is 10.2 Å². The van der Waals surface area contributed by atoms with Gasteiger partial charge in [-0.15, -0.1) is 0 Å². The van der Waals surface area contributed by atoms with Crippen LogP contribution in [0.1, 0.15) is 49.5 Å². The van der Waals surface area contributed by atoms with Crippen LogP contribution in [0.3, 0.4) is 0 Å². The van der Waals surface area contributed by atoms with E-state index >= 15 is 0 Å². The van der Waals surface area contributed by atoms with Crippen LogP contribution in [0, 0.1) is 0 Å². The topological polar surface area (TPSA) is 40.5 Å². The average Bonchev–Trinajstić information content (AvgIpc) is 2.35. The van der Waals surface area contributed by atoms with Gasteiger partial charge in [0.05, 0.1) is 12.7 Å². The first-order valence-electron chi connectivity index (χ1n) is 6.62. The van der Waals surface area contributed by atoms with Gasteiger partial charge in [0.1, 0.15) is 0 Å². The normalized spacial score (nSPS) is 22.1. The molecular formula is C16H22O2. The number of rotatable bonds is 3. The lowest BCUT2D eigenvalue weighted by molar-refractivity contribution is 0.139. The van der Waals surface area contributed by atoms with Gasteiger partial charge in [-0.05, 0) is 41.4 Å². The van der Waals surface area contributed by atoms with E-state index in [2.05, 4.69) is 32.0 Å². The van der Waals surface area contributed by atoms with Gasteiger partial charge in [0.15, 0.2) is 0 Å². The van der Waals surface area contributed by atoms with Crippen molar-refractivity contribution in [1.29, 1.82) is 0 Å². The van der Waals surface area contributed by atoms with Crippen LogP contribution in [0.15, 0.2) is 30.4 Å². The van der Waals surface area contributed by atoms with Crippen LogP contribution in [0.2, 0.25) is 0 Å². The first-order valence-corrected chi connectivity index (χ1v) is 6.62. The predicted octanol–water partition coefficient (Wildman–Crippen LogP) is 2.88. The molecule has 0 fully saturated rings. The van der Waals surface area contributed by atoms with Crippen LogP contribution in [-0.4, -0.2) is 16.8 Å². The first-order chi connectivity index (χ1) is 8.54. The molecule has 1 aliphatic carbocycles. The van der Waals surface area contributed by atoms with Crippen molar-refractivity contribution >= 4 is 0 Å². The van der Waals surface area contributed by atoms with Crippen molar-refractivity contribution in [2.75, 3.05) is 6.61 Å². The van der Waals surface area contributed by atoms with E-state index in [0.29, 0.717) is 0 Å². The Morgan fingerprint density at radius 2 is 2.11 bits per heavy atom. The molecule has 2 nitrogen and oxygen atoms in total. The smallest absolute Gasteiger partial charge is 0.0793 e. The fraction of sp³-hybridized carbons (Fsp3) is 0.500.